The average Bonchev–Trinajstić information content (AvgIpc) is 2.45. The van der Waals surface area contributed by atoms with E-state index in [-0.39, 0.29) is 0 Å². The summed E-state index contributed by atoms with van der Waals surface area (Å²) in [5.41, 5.74) is 1.66. The minimum absolute atomic E-state index is 0.493. The van der Waals surface area contributed by atoms with E-state index < -0.39 is 6.23 Å². The van der Waals surface area contributed by atoms with E-state index in [0.717, 1.165) is 11.3 Å². The molecule has 0 bridgehead atoms. The summed E-state index contributed by atoms with van der Waals surface area (Å²) in [6.45, 7) is 0. The van der Waals surface area contributed by atoms with Crippen LogP contribution in [0, 0.1) is 0 Å². The molecule has 5 heteroatoms. The molecule has 1 atom stereocenters. The fourth-order valence-electron chi connectivity index (χ4n) is 1.50. The summed E-state index contributed by atoms with van der Waals surface area (Å²) in [7, 11) is 1.73. The molecule has 1 N–H and O–H groups in total. The third-order valence-corrected chi connectivity index (χ3v) is 2.72. The molecule has 80 valence electrons. The Balaban J connectivity index is 2.35. The molecule has 1 aromatic carbocycles. The predicted molar refractivity (Wildman–Crippen MR) is 61.4 cm³/mol. The van der Waals surface area contributed by atoms with Crippen molar-refractivity contribution >= 4 is 28.9 Å². The van der Waals surface area contributed by atoms with Gasteiger partial charge >= 0.3 is 0 Å². The molecule has 1 aliphatic heterocycles. The lowest BCUT2D eigenvalue weighted by atomic mass is 10.1. The van der Waals surface area contributed by atoms with E-state index in [1.807, 2.05) is 0 Å². The van der Waals surface area contributed by atoms with Gasteiger partial charge in [-0.3, -0.25) is 5.01 Å². The molecule has 1 heterocycles. The topological polar surface area (TPSA) is 35.8 Å². The number of halogens is 2. The van der Waals surface area contributed by atoms with Gasteiger partial charge in [0.15, 0.2) is 0 Å². The number of aliphatic hydroxyl groups excluding tert-OH is 1. The first-order valence-corrected chi connectivity index (χ1v) is 5.26. The van der Waals surface area contributed by atoms with Crippen LogP contribution in [-0.4, -0.2) is 29.1 Å². The highest BCUT2D eigenvalue weighted by Crippen LogP contribution is 2.23. The molecule has 15 heavy (non-hydrogen) atoms. The first kappa shape index (κ1) is 10.7. The maximum absolute atomic E-state index is 9.51. The normalized spacial score (nSPS) is 20.7. The molecule has 3 nitrogen and oxygen atoms in total. The largest absolute Gasteiger partial charge is 0.372 e. The SMILES string of the molecule is CN1N=C(c2cc(Cl)cc(Cl)c2)CC1O. The molecule has 0 amide bonds. The zero-order valence-corrected chi connectivity index (χ0v) is 9.63. The lowest BCUT2D eigenvalue weighted by Gasteiger charge is -2.10. The maximum atomic E-state index is 9.51. The van der Waals surface area contributed by atoms with Gasteiger partial charge in [0.2, 0.25) is 0 Å². The quantitative estimate of drug-likeness (QED) is 0.824. The third-order valence-electron chi connectivity index (χ3n) is 2.28. The monoisotopic (exact) mass is 244 g/mol. The average molecular weight is 245 g/mol. The van der Waals surface area contributed by atoms with Crippen LogP contribution in [0.3, 0.4) is 0 Å². The van der Waals surface area contributed by atoms with Gasteiger partial charge in [-0.1, -0.05) is 23.2 Å². The van der Waals surface area contributed by atoms with Crippen molar-refractivity contribution in [2.75, 3.05) is 7.05 Å². The summed E-state index contributed by atoms with van der Waals surface area (Å²) in [6, 6.07) is 5.25. The minimum Gasteiger partial charge on any atom is -0.372 e. The molecule has 0 saturated heterocycles. The summed E-state index contributed by atoms with van der Waals surface area (Å²) in [6.07, 6.45) is -0.0644. The fraction of sp³-hybridized carbons (Fsp3) is 0.300. The van der Waals surface area contributed by atoms with Crippen LogP contribution in [0.15, 0.2) is 23.3 Å². The van der Waals surface area contributed by atoms with Crippen LogP contribution in [-0.2, 0) is 0 Å². The van der Waals surface area contributed by atoms with Crippen molar-refractivity contribution in [2.45, 2.75) is 12.6 Å². The number of hydrogen-bond acceptors (Lipinski definition) is 3. The number of hydrogen-bond donors (Lipinski definition) is 1. The second-order valence-corrected chi connectivity index (χ2v) is 4.34. The van der Waals surface area contributed by atoms with Crippen LogP contribution in [0.25, 0.3) is 0 Å². The zero-order valence-electron chi connectivity index (χ0n) is 8.11. The number of rotatable bonds is 1. The number of benzene rings is 1. The van der Waals surface area contributed by atoms with Crippen molar-refractivity contribution in [3.8, 4) is 0 Å². The molecule has 0 spiro atoms. The van der Waals surface area contributed by atoms with Gasteiger partial charge in [0.05, 0.1) is 5.71 Å². The van der Waals surface area contributed by atoms with Gasteiger partial charge in [-0.05, 0) is 18.2 Å². The van der Waals surface area contributed by atoms with Gasteiger partial charge in [-0.2, -0.15) is 5.10 Å². The smallest absolute Gasteiger partial charge is 0.147 e. The molecule has 2 rings (SSSR count). The number of nitrogens with zero attached hydrogens (tertiary/aromatic N) is 2. The first-order valence-electron chi connectivity index (χ1n) is 4.51. The molecule has 1 unspecified atom stereocenters. The highest BCUT2D eigenvalue weighted by Gasteiger charge is 2.22. The van der Waals surface area contributed by atoms with Crippen molar-refractivity contribution in [3.63, 3.8) is 0 Å². The standard InChI is InChI=1S/C10H10Cl2N2O/c1-14-10(15)5-9(13-14)6-2-7(11)4-8(12)3-6/h2-4,10,15H,5H2,1H3. The van der Waals surface area contributed by atoms with Crippen molar-refractivity contribution in [1.29, 1.82) is 0 Å². The van der Waals surface area contributed by atoms with E-state index in [4.69, 9.17) is 23.2 Å². The summed E-state index contributed by atoms with van der Waals surface area (Å²) in [4.78, 5) is 0. The van der Waals surface area contributed by atoms with Gasteiger partial charge in [0, 0.05) is 29.1 Å². The summed E-state index contributed by atoms with van der Waals surface area (Å²) < 4.78 is 0. The van der Waals surface area contributed by atoms with Crippen molar-refractivity contribution in [2.24, 2.45) is 5.10 Å². The summed E-state index contributed by atoms with van der Waals surface area (Å²) in [5.74, 6) is 0. The molecule has 1 aromatic rings. The van der Waals surface area contributed by atoms with Crippen LogP contribution >= 0.6 is 23.2 Å². The van der Waals surface area contributed by atoms with Crippen molar-refractivity contribution in [3.05, 3.63) is 33.8 Å². The van der Waals surface area contributed by atoms with E-state index in [1.54, 1.807) is 25.2 Å². The van der Waals surface area contributed by atoms with Crippen LogP contribution < -0.4 is 0 Å². The Morgan fingerprint density at radius 1 is 1.33 bits per heavy atom. The van der Waals surface area contributed by atoms with Gasteiger partial charge < -0.3 is 5.11 Å². The third kappa shape index (κ3) is 2.25. The number of hydrazone groups is 1. The Hall–Kier alpha value is -0.770. The van der Waals surface area contributed by atoms with E-state index in [0.29, 0.717) is 16.5 Å². The highest BCUT2D eigenvalue weighted by molar-refractivity contribution is 6.35. The van der Waals surface area contributed by atoms with Gasteiger partial charge in [-0.25, -0.2) is 0 Å². The maximum Gasteiger partial charge on any atom is 0.147 e. The molecular weight excluding hydrogens is 235 g/mol. The second-order valence-electron chi connectivity index (χ2n) is 3.46. The van der Waals surface area contributed by atoms with Gasteiger partial charge in [0.25, 0.3) is 0 Å². The van der Waals surface area contributed by atoms with E-state index in [1.165, 1.54) is 5.01 Å². The minimum atomic E-state index is -0.558. The Morgan fingerprint density at radius 3 is 2.40 bits per heavy atom. The van der Waals surface area contributed by atoms with Crippen molar-refractivity contribution in [1.82, 2.24) is 5.01 Å². The van der Waals surface area contributed by atoms with Crippen LogP contribution in [0.4, 0.5) is 0 Å². The molecular formula is C10H10Cl2N2O. The van der Waals surface area contributed by atoms with Crippen LogP contribution in [0.1, 0.15) is 12.0 Å². The summed E-state index contributed by atoms with van der Waals surface area (Å²) in [5, 5.41) is 16.4. The van der Waals surface area contributed by atoms with Gasteiger partial charge in [0.1, 0.15) is 6.23 Å². The molecule has 0 fully saturated rings. The Morgan fingerprint density at radius 2 is 1.93 bits per heavy atom. The zero-order chi connectivity index (χ0) is 11.0. The highest BCUT2D eigenvalue weighted by atomic mass is 35.5. The lowest BCUT2D eigenvalue weighted by molar-refractivity contribution is 0.0452. The van der Waals surface area contributed by atoms with E-state index in [9.17, 15) is 5.11 Å². The Labute approximate surface area is 97.9 Å². The van der Waals surface area contributed by atoms with Crippen LogP contribution in [0.2, 0.25) is 10.0 Å². The molecule has 0 radical (unpaired) electrons. The van der Waals surface area contributed by atoms with E-state index in [2.05, 4.69) is 5.10 Å². The van der Waals surface area contributed by atoms with E-state index >= 15 is 0 Å². The second kappa shape index (κ2) is 4.00. The Bertz CT molecular complexity index is 400. The van der Waals surface area contributed by atoms with Crippen LogP contribution in [0.5, 0.6) is 0 Å². The first-order chi connectivity index (χ1) is 7.06. The Kier molecular flexibility index (Phi) is 2.87. The predicted octanol–water partition coefficient (Wildman–Crippen LogP) is 2.35. The fourth-order valence-corrected chi connectivity index (χ4v) is 2.02. The van der Waals surface area contributed by atoms with Crippen molar-refractivity contribution < 1.29 is 5.11 Å². The summed E-state index contributed by atoms with van der Waals surface area (Å²) >= 11 is 11.8. The van der Waals surface area contributed by atoms with Gasteiger partial charge in [-0.15, -0.1) is 0 Å². The molecule has 0 aliphatic carbocycles. The molecule has 1 aliphatic rings. The molecule has 0 aromatic heterocycles. The number of aliphatic hydroxyl groups is 1. The molecule has 0 saturated carbocycles. The lowest BCUT2D eigenvalue weighted by Crippen LogP contribution is -2.21.